The third-order valence-corrected chi connectivity index (χ3v) is 12.1. The van der Waals surface area contributed by atoms with Gasteiger partial charge < -0.3 is 14.4 Å². The van der Waals surface area contributed by atoms with Gasteiger partial charge in [-0.2, -0.15) is 0 Å². The minimum Gasteiger partial charge on any atom is -0.480 e. The van der Waals surface area contributed by atoms with Crippen LogP contribution in [0.1, 0.15) is 87.0 Å². The lowest BCUT2D eigenvalue weighted by atomic mass is 9.48. The number of carbonyl (C=O) groups excluding carboxylic acids is 2. The standard InChI is InChI=1S/C32H50N2O4/c1-18(2)29-33-27-13-10-21-14-22-24(12-11-23(21)30(27,5)17-37-29)31(6)16-26(38-20(4)35)28(19(3)34(8)9)32(31,7)15-25(22)36/h10,18-19,22-24,26-28H,11-17H2,1-9H3/t19-,22+,23+,24+,26+,27-,28-,30-,31-,32+/m0/s1. The highest BCUT2D eigenvalue weighted by molar-refractivity contribution is 5.84. The van der Waals surface area contributed by atoms with E-state index in [-0.39, 0.29) is 52.2 Å². The first-order valence-electron chi connectivity index (χ1n) is 15.0. The molecule has 0 aromatic heterocycles. The zero-order valence-electron chi connectivity index (χ0n) is 25.2. The average Bonchev–Trinajstić information content (AvgIpc) is 2.95. The molecule has 0 spiro atoms. The number of fused-ring (bicyclic) bond motifs is 6. The molecule has 212 valence electrons. The van der Waals surface area contributed by atoms with E-state index in [1.54, 1.807) is 0 Å². The van der Waals surface area contributed by atoms with Crippen molar-refractivity contribution in [2.24, 2.45) is 50.8 Å². The van der Waals surface area contributed by atoms with Crippen molar-refractivity contribution >= 4 is 17.7 Å². The Bertz CT molecular complexity index is 1050. The van der Waals surface area contributed by atoms with Crippen LogP contribution < -0.4 is 0 Å². The maximum Gasteiger partial charge on any atom is 0.302 e. The smallest absolute Gasteiger partial charge is 0.302 e. The van der Waals surface area contributed by atoms with Crippen LogP contribution in [0.2, 0.25) is 0 Å². The van der Waals surface area contributed by atoms with Crippen molar-refractivity contribution < 1.29 is 19.1 Å². The number of ketones is 1. The van der Waals surface area contributed by atoms with E-state index in [1.807, 2.05) is 0 Å². The van der Waals surface area contributed by atoms with Crippen molar-refractivity contribution in [1.82, 2.24) is 4.90 Å². The average molecular weight is 527 g/mol. The van der Waals surface area contributed by atoms with Gasteiger partial charge in [0.15, 0.2) is 5.90 Å². The number of carbonyl (C=O) groups is 2. The van der Waals surface area contributed by atoms with Gasteiger partial charge in [0.05, 0.1) is 12.6 Å². The van der Waals surface area contributed by atoms with E-state index in [2.05, 4.69) is 66.6 Å². The molecule has 0 unspecified atom stereocenters. The van der Waals surface area contributed by atoms with Crippen molar-refractivity contribution in [2.45, 2.75) is 105 Å². The van der Waals surface area contributed by atoms with Gasteiger partial charge in [0.1, 0.15) is 11.9 Å². The number of hydrogen-bond acceptors (Lipinski definition) is 6. The molecule has 1 heterocycles. The van der Waals surface area contributed by atoms with Crippen LogP contribution in [0.4, 0.5) is 0 Å². The molecule has 0 saturated heterocycles. The fourth-order valence-corrected chi connectivity index (χ4v) is 9.70. The van der Waals surface area contributed by atoms with Crippen LogP contribution >= 0.6 is 0 Å². The third kappa shape index (κ3) is 4.02. The highest BCUT2D eigenvalue weighted by atomic mass is 16.5. The number of rotatable bonds is 4. The van der Waals surface area contributed by atoms with Crippen LogP contribution in [0.25, 0.3) is 0 Å². The number of hydrogen-bond donors (Lipinski definition) is 0. The summed E-state index contributed by atoms with van der Waals surface area (Å²) in [6, 6.07) is 0.461. The Morgan fingerprint density at radius 2 is 1.87 bits per heavy atom. The molecular formula is C32H50N2O4. The molecule has 6 nitrogen and oxygen atoms in total. The van der Waals surface area contributed by atoms with Crippen molar-refractivity contribution in [3.8, 4) is 0 Å². The molecule has 10 atom stereocenters. The van der Waals surface area contributed by atoms with Crippen LogP contribution in [0.15, 0.2) is 16.6 Å². The summed E-state index contributed by atoms with van der Waals surface area (Å²) >= 11 is 0. The summed E-state index contributed by atoms with van der Waals surface area (Å²) < 4.78 is 12.3. The molecule has 0 radical (unpaired) electrons. The molecule has 6 heteroatoms. The second-order valence-electron chi connectivity index (χ2n) is 14.6. The summed E-state index contributed by atoms with van der Waals surface area (Å²) in [7, 11) is 4.20. The first kappa shape index (κ1) is 27.9. The Balaban J connectivity index is 1.50. The highest BCUT2D eigenvalue weighted by Gasteiger charge is 2.69. The van der Waals surface area contributed by atoms with Gasteiger partial charge in [-0.25, -0.2) is 0 Å². The van der Waals surface area contributed by atoms with E-state index < -0.39 is 0 Å². The fraction of sp³-hybridized carbons (Fsp3) is 0.844. The summed E-state index contributed by atoms with van der Waals surface area (Å²) in [6.07, 6.45) is 7.61. The first-order chi connectivity index (χ1) is 17.7. The van der Waals surface area contributed by atoms with Crippen molar-refractivity contribution in [3.63, 3.8) is 0 Å². The van der Waals surface area contributed by atoms with E-state index in [0.29, 0.717) is 36.6 Å². The van der Waals surface area contributed by atoms with Crippen LogP contribution in [0.3, 0.4) is 0 Å². The number of Topliss-reactive ketones (excluding diaryl/α,β-unsaturated/α-hetero) is 1. The third-order valence-electron chi connectivity index (χ3n) is 12.1. The molecule has 0 aromatic carbocycles. The van der Waals surface area contributed by atoms with Gasteiger partial charge in [-0.1, -0.05) is 46.3 Å². The normalized spacial score (nSPS) is 45.1. The Morgan fingerprint density at radius 1 is 1.16 bits per heavy atom. The minimum absolute atomic E-state index is 0.0266. The van der Waals surface area contributed by atoms with E-state index >= 15 is 0 Å². The molecule has 3 fully saturated rings. The van der Waals surface area contributed by atoms with Crippen LogP contribution in [0, 0.1) is 45.8 Å². The van der Waals surface area contributed by atoms with Crippen LogP contribution in [-0.2, 0) is 19.1 Å². The fourth-order valence-electron chi connectivity index (χ4n) is 9.70. The Morgan fingerprint density at radius 3 is 2.50 bits per heavy atom. The summed E-state index contributed by atoms with van der Waals surface area (Å²) in [5.74, 6) is 2.27. The summed E-state index contributed by atoms with van der Waals surface area (Å²) in [6.45, 7) is 15.9. The van der Waals surface area contributed by atoms with Crippen molar-refractivity contribution in [3.05, 3.63) is 11.6 Å². The first-order valence-corrected chi connectivity index (χ1v) is 15.0. The SMILES string of the molecule is CC(=O)O[C@@H]1C[C@@]2(C)[C@@H]3CC[C@@H]4C(=CC[C@@H]5N=C(C(C)C)OC[C@]54C)C[C@H]3C(=O)C[C@]2(C)[C@H]1[C@H](C)N(C)C. The van der Waals surface area contributed by atoms with E-state index in [4.69, 9.17) is 14.5 Å². The zero-order valence-corrected chi connectivity index (χ0v) is 25.2. The number of allylic oxidation sites excluding steroid dienone is 1. The molecule has 0 N–H and O–H groups in total. The van der Waals surface area contributed by atoms with Gasteiger partial charge >= 0.3 is 5.97 Å². The molecule has 3 saturated carbocycles. The molecule has 5 aliphatic rings. The summed E-state index contributed by atoms with van der Waals surface area (Å²) in [5, 5.41) is 0. The predicted octanol–water partition coefficient (Wildman–Crippen LogP) is 5.70. The molecular weight excluding hydrogens is 476 g/mol. The number of ether oxygens (including phenoxy) is 2. The van der Waals surface area contributed by atoms with Gasteiger partial charge in [-0.05, 0) is 75.8 Å². The number of aliphatic imine (C=N–C) groups is 1. The monoisotopic (exact) mass is 526 g/mol. The predicted molar refractivity (Wildman–Crippen MR) is 150 cm³/mol. The lowest BCUT2D eigenvalue weighted by Gasteiger charge is -2.55. The molecule has 0 aromatic rings. The Labute approximate surface area is 230 Å². The molecule has 0 amide bonds. The van der Waals surface area contributed by atoms with Gasteiger partial charge in [0.2, 0.25) is 0 Å². The minimum atomic E-state index is -0.214. The second-order valence-corrected chi connectivity index (χ2v) is 14.6. The Hall–Kier alpha value is -1.69. The molecule has 5 rings (SSSR count). The highest BCUT2D eigenvalue weighted by Crippen LogP contribution is 2.70. The van der Waals surface area contributed by atoms with E-state index in [1.165, 1.54) is 12.5 Å². The molecule has 0 bridgehead atoms. The summed E-state index contributed by atoms with van der Waals surface area (Å²) in [5.41, 5.74) is 1.16. The van der Waals surface area contributed by atoms with Gasteiger partial charge in [-0.15, -0.1) is 0 Å². The van der Waals surface area contributed by atoms with Gasteiger partial charge in [0.25, 0.3) is 0 Å². The second kappa shape index (κ2) is 9.45. The number of esters is 1. The van der Waals surface area contributed by atoms with Gasteiger partial charge in [-0.3, -0.25) is 14.6 Å². The largest absolute Gasteiger partial charge is 0.480 e. The maximum absolute atomic E-state index is 14.1. The Kier molecular flexibility index (Phi) is 6.93. The molecule has 1 aliphatic heterocycles. The quantitative estimate of drug-likeness (QED) is 0.347. The van der Waals surface area contributed by atoms with E-state index in [0.717, 1.165) is 38.0 Å². The molecule has 38 heavy (non-hydrogen) atoms. The zero-order chi connectivity index (χ0) is 27.8. The topological polar surface area (TPSA) is 68.2 Å². The van der Waals surface area contributed by atoms with Crippen LogP contribution in [-0.4, -0.2) is 61.4 Å². The lowest BCUT2D eigenvalue weighted by molar-refractivity contribution is -0.152. The van der Waals surface area contributed by atoms with Gasteiger partial charge in [0, 0.05) is 42.6 Å². The lowest BCUT2D eigenvalue weighted by Crippen LogP contribution is -2.55. The molecule has 4 aliphatic carbocycles. The number of nitrogens with zero attached hydrogens (tertiary/aromatic N) is 2. The van der Waals surface area contributed by atoms with Crippen molar-refractivity contribution in [1.29, 1.82) is 0 Å². The van der Waals surface area contributed by atoms with Crippen molar-refractivity contribution in [2.75, 3.05) is 20.7 Å². The van der Waals surface area contributed by atoms with E-state index in [9.17, 15) is 9.59 Å². The maximum atomic E-state index is 14.1. The van der Waals surface area contributed by atoms with Crippen LogP contribution in [0.5, 0.6) is 0 Å². The summed E-state index contributed by atoms with van der Waals surface area (Å²) in [4.78, 5) is 33.7.